The number of aromatic nitrogens is 2. The molecular formula is C12H19N3O3. The largest absolute Gasteiger partial charge is 0.352 e. The lowest BCUT2D eigenvalue weighted by atomic mass is 10.2. The van der Waals surface area contributed by atoms with Crippen LogP contribution in [0.15, 0.2) is 15.8 Å². The molecule has 0 bridgehead atoms. The number of nitrogens with zero attached hydrogens (tertiary/aromatic N) is 1. The molecule has 0 radical (unpaired) electrons. The van der Waals surface area contributed by atoms with Crippen molar-refractivity contribution in [2.75, 3.05) is 0 Å². The Morgan fingerprint density at radius 2 is 2.17 bits per heavy atom. The third kappa shape index (κ3) is 3.87. The summed E-state index contributed by atoms with van der Waals surface area (Å²) in [4.78, 5) is 36.5. The summed E-state index contributed by atoms with van der Waals surface area (Å²) >= 11 is 0. The number of amides is 1. The quantitative estimate of drug-likeness (QED) is 0.783. The summed E-state index contributed by atoms with van der Waals surface area (Å²) < 4.78 is 1.20. The highest BCUT2D eigenvalue weighted by molar-refractivity contribution is 5.75. The summed E-state index contributed by atoms with van der Waals surface area (Å²) in [5.41, 5.74) is -0.580. The highest BCUT2D eigenvalue weighted by atomic mass is 16.2. The van der Waals surface area contributed by atoms with Crippen molar-refractivity contribution in [3.05, 3.63) is 32.6 Å². The number of rotatable bonds is 5. The van der Waals surface area contributed by atoms with Gasteiger partial charge in [0.15, 0.2) is 0 Å². The van der Waals surface area contributed by atoms with Gasteiger partial charge in [0, 0.05) is 17.8 Å². The van der Waals surface area contributed by atoms with Crippen molar-refractivity contribution in [1.29, 1.82) is 0 Å². The molecule has 0 fully saturated rings. The molecule has 6 nitrogen and oxygen atoms in total. The molecule has 1 heterocycles. The van der Waals surface area contributed by atoms with Gasteiger partial charge in [-0.2, -0.15) is 0 Å². The van der Waals surface area contributed by atoms with E-state index in [0.29, 0.717) is 5.56 Å². The maximum Gasteiger partial charge on any atom is 0.328 e. The molecule has 0 aliphatic carbocycles. The molecule has 1 amide bonds. The van der Waals surface area contributed by atoms with Gasteiger partial charge in [-0.3, -0.25) is 19.1 Å². The Balaban J connectivity index is 2.74. The average molecular weight is 253 g/mol. The fourth-order valence-corrected chi connectivity index (χ4v) is 1.72. The van der Waals surface area contributed by atoms with Crippen LogP contribution < -0.4 is 16.6 Å². The molecule has 1 aromatic rings. The Morgan fingerprint density at radius 3 is 2.78 bits per heavy atom. The van der Waals surface area contributed by atoms with Crippen LogP contribution in [0.1, 0.15) is 32.3 Å². The van der Waals surface area contributed by atoms with Crippen molar-refractivity contribution in [3.63, 3.8) is 0 Å². The molecule has 6 heteroatoms. The Hall–Kier alpha value is -1.85. The van der Waals surface area contributed by atoms with Gasteiger partial charge < -0.3 is 5.32 Å². The van der Waals surface area contributed by atoms with Crippen LogP contribution in [0, 0.1) is 6.92 Å². The van der Waals surface area contributed by atoms with Crippen LogP contribution in [0.5, 0.6) is 0 Å². The van der Waals surface area contributed by atoms with Crippen LogP contribution in [0.2, 0.25) is 0 Å². The summed E-state index contributed by atoms with van der Waals surface area (Å²) in [6, 6.07) is 0.0852. The van der Waals surface area contributed by atoms with Crippen molar-refractivity contribution in [3.8, 4) is 0 Å². The minimum absolute atomic E-state index is 0.0789. The van der Waals surface area contributed by atoms with E-state index in [1.807, 2.05) is 13.8 Å². The van der Waals surface area contributed by atoms with Gasteiger partial charge >= 0.3 is 5.69 Å². The first-order valence-electron chi connectivity index (χ1n) is 6.03. The van der Waals surface area contributed by atoms with E-state index in [1.165, 1.54) is 10.8 Å². The molecule has 1 rings (SSSR count). The molecule has 0 aromatic carbocycles. The molecule has 1 atom stereocenters. The minimum Gasteiger partial charge on any atom is -0.352 e. The topological polar surface area (TPSA) is 84.0 Å². The summed E-state index contributed by atoms with van der Waals surface area (Å²) in [5, 5.41) is 2.80. The van der Waals surface area contributed by atoms with Crippen LogP contribution in [-0.2, 0) is 11.3 Å². The Labute approximate surface area is 105 Å². The Bertz CT molecular complexity index is 530. The molecule has 1 aromatic heterocycles. The van der Waals surface area contributed by atoms with E-state index in [-0.39, 0.29) is 18.5 Å². The number of hydrogen-bond acceptors (Lipinski definition) is 3. The first kappa shape index (κ1) is 14.2. The molecular weight excluding hydrogens is 234 g/mol. The molecule has 18 heavy (non-hydrogen) atoms. The molecule has 0 aliphatic heterocycles. The fraction of sp³-hybridized carbons (Fsp3) is 0.583. The van der Waals surface area contributed by atoms with Gasteiger partial charge in [0.2, 0.25) is 5.91 Å². The van der Waals surface area contributed by atoms with Crippen LogP contribution >= 0.6 is 0 Å². The van der Waals surface area contributed by atoms with E-state index < -0.39 is 11.2 Å². The molecule has 0 saturated carbocycles. The van der Waals surface area contributed by atoms with E-state index in [0.717, 1.165) is 12.8 Å². The zero-order valence-corrected chi connectivity index (χ0v) is 10.9. The highest BCUT2D eigenvalue weighted by Gasteiger charge is 2.09. The van der Waals surface area contributed by atoms with Crippen molar-refractivity contribution in [1.82, 2.24) is 14.9 Å². The van der Waals surface area contributed by atoms with Gasteiger partial charge in [0.25, 0.3) is 5.56 Å². The SMILES string of the molecule is CCCC(C)NC(=O)Cn1cc(C)c(=O)[nH]c1=O. The van der Waals surface area contributed by atoms with E-state index in [9.17, 15) is 14.4 Å². The lowest BCUT2D eigenvalue weighted by Gasteiger charge is -2.13. The summed E-state index contributed by atoms with van der Waals surface area (Å²) in [6.07, 6.45) is 3.27. The molecule has 0 saturated heterocycles. The number of carbonyl (C=O) groups excluding carboxylic acids is 1. The zero-order chi connectivity index (χ0) is 13.7. The van der Waals surface area contributed by atoms with Gasteiger partial charge in [0.05, 0.1) is 0 Å². The molecule has 1 unspecified atom stereocenters. The van der Waals surface area contributed by atoms with Crippen LogP contribution in [0.25, 0.3) is 0 Å². The van der Waals surface area contributed by atoms with Crippen molar-refractivity contribution < 1.29 is 4.79 Å². The van der Waals surface area contributed by atoms with Crippen molar-refractivity contribution >= 4 is 5.91 Å². The van der Waals surface area contributed by atoms with E-state index in [2.05, 4.69) is 10.3 Å². The van der Waals surface area contributed by atoms with E-state index in [4.69, 9.17) is 0 Å². The average Bonchev–Trinajstić information content (AvgIpc) is 2.26. The van der Waals surface area contributed by atoms with Crippen LogP contribution in [-0.4, -0.2) is 21.5 Å². The second kappa shape index (κ2) is 6.18. The zero-order valence-electron chi connectivity index (χ0n) is 10.9. The summed E-state index contributed by atoms with van der Waals surface area (Å²) in [6.45, 7) is 5.47. The van der Waals surface area contributed by atoms with E-state index in [1.54, 1.807) is 6.92 Å². The summed E-state index contributed by atoms with van der Waals surface area (Å²) in [5.74, 6) is -0.232. The number of hydrogen-bond donors (Lipinski definition) is 2. The Kier molecular flexibility index (Phi) is 4.88. The highest BCUT2D eigenvalue weighted by Crippen LogP contribution is 1.94. The second-order valence-electron chi connectivity index (χ2n) is 4.46. The van der Waals surface area contributed by atoms with Gasteiger partial charge in [-0.1, -0.05) is 13.3 Å². The third-order valence-corrected chi connectivity index (χ3v) is 2.63. The number of aryl methyl sites for hydroxylation is 1. The number of aromatic amines is 1. The van der Waals surface area contributed by atoms with Gasteiger partial charge in [-0.15, -0.1) is 0 Å². The maximum atomic E-state index is 11.7. The smallest absolute Gasteiger partial charge is 0.328 e. The van der Waals surface area contributed by atoms with E-state index >= 15 is 0 Å². The van der Waals surface area contributed by atoms with Gasteiger partial charge in [0.1, 0.15) is 6.54 Å². The number of carbonyl (C=O) groups is 1. The fourth-order valence-electron chi connectivity index (χ4n) is 1.72. The molecule has 100 valence electrons. The third-order valence-electron chi connectivity index (χ3n) is 2.63. The normalized spacial score (nSPS) is 12.2. The standard InChI is InChI=1S/C12H19N3O3/c1-4-5-9(3)13-10(16)7-15-6-8(2)11(17)14-12(15)18/h6,9H,4-5,7H2,1-3H3,(H,13,16)(H,14,17,18). The minimum atomic E-state index is -0.566. The predicted octanol–water partition coefficient (Wildman–Crippen LogP) is 0.150. The molecule has 2 N–H and O–H groups in total. The first-order valence-corrected chi connectivity index (χ1v) is 6.03. The van der Waals surface area contributed by atoms with Gasteiger partial charge in [-0.05, 0) is 20.3 Å². The monoisotopic (exact) mass is 253 g/mol. The van der Waals surface area contributed by atoms with Crippen molar-refractivity contribution in [2.45, 2.75) is 46.2 Å². The molecule has 0 spiro atoms. The first-order chi connectivity index (χ1) is 8.43. The summed E-state index contributed by atoms with van der Waals surface area (Å²) in [7, 11) is 0. The van der Waals surface area contributed by atoms with Crippen LogP contribution in [0.3, 0.4) is 0 Å². The maximum absolute atomic E-state index is 11.7. The predicted molar refractivity (Wildman–Crippen MR) is 68.6 cm³/mol. The van der Waals surface area contributed by atoms with Gasteiger partial charge in [-0.25, -0.2) is 4.79 Å². The number of nitrogens with one attached hydrogen (secondary N) is 2. The lowest BCUT2D eigenvalue weighted by molar-refractivity contribution is -0.122. The lowest BCUT2D eigenvalue weighted by Crippen LogP contribution is -2.39. The number of H-pyrrole nitrogens is 1. The van der Waals surface area contributed by atoms with Crippen molar-refractivity contribution in [2.24, 2.45) is 0 Å². The second-order valence-corrected chi connectivity index (χ2v) is 4.46. The van der Waals surface area contributed by atoms with Crippen LogP contribution in [0.4, 0.5) is 0 Å². The molecule has 0 aliphatic rings. The Morgan fingerprint density at radius 1 is 1.50 bits per heavy atom.